The van der Waals surface area contributed by atoms with Crippen LogP contribution in [0, 0.1) is 25.5 Å². The summed E-state index contributed by atoms with van der Waals surface area (Å²) in [5.41, 5.74) is 7.09. The van der Waals surface area contributed by atoms with Gasteiger partial charge in [0, 0.05) is 17.4 Å². The average molecular weight is 426 g/mol. The van der Waals surface area contributed by atoms with Gasteiger partial charge in [-0.2, -0.15) is 0 Å². The highest BCUT2D eigenvalue weighted by Crippen LogP contribution is 2.49. The molecule has 2 heterocycles. The largest absolute Gasteiger partial charge is 0.481 e. The van der Waals surface area contributed by atoms with Gasteiger partial charge in [0.1, 0.15) is 11.6 Å². The van der Waals surface area contributed by atoms with E-state index in [1.54, 1.807) is 12.1 Å². The van der Waals surface area contributed by atoms with Gasteiger partial charge >= 0.3 is 5.97 Å². The highest BCUT2D eigenvalue weighted by Gasteiger charge is 2.31. The van der Waals surface area contributed by atoms with E-state index in [-0.39, 0.29) is 12.2 Å². The molecule has 4 rings (SSSR count). The second-order valence-corrected chi connectivity index (χ2v) is 8.09. The molecule has 0 spiro atoms. The number of benzene rings is 2. The number of carbonyl (C=O) groups is 1. The van der Waals surface area contributed by atoms with E-state index in [4.69, 9.17) is 0 Å². The molecular weight excluding hydrogens is 406 g/mol. The van der Waals surface area contributed by atoms with Crippen molar-refractivity contribution in [3.05, 3.63) is 70.4 Å². The third-order valence-corrected chi connectivity index (χ3v) is 6.26. The van der Waals surface area contributed by atoms with Crippen molar-refractivity contribution >= 4 is 23.6 Å². The number of pyridine rings is 1. The Morgan fingerprint density at radius 3 is 2.47 bits per heavy atom. The van der Waals surface area contributed by atoms with Gasteiger partial charge in [-0.15, -0.1) is 0 Å². The molecule has 1 aliphatic rings. The number of aliphatic carboxylic acids is 1. The third-order valence-electron chi connectivity index (χ3n) is 5.51. The summed E-state index contributed by atoms with van der Waals surface area (Å²) in [7, 11) is 0. The molecule has 0 bridgehead atoms. The molecule has 0 unspecified atom stereocenters. The second-order valence-electron chi connectivity index (χ2n) is 7.29. The Morgan fingerprint density at radius 1 is 1.13 bits per heavy atom. The minimum absolute atomic E-state index is 0.154. The van der Waals surface area contributed by atoms with Gasteiger partial charge in [-0.05, 0) is 59.9 Å². The van der Waals surface area contributed by atoms with Crippen LogP contribution in [0.25, 0.3) is 22.4 Å². The molecule has 7 heteroatoms. The van der Waals surface area contributed by atoms with Crippen LogP contribution in [0.5, 0.6) is 0 Å². The Kier molecular flexibility index (Phi) is 5.24. The minimum atomic E-state index is -0.937. The zero-order valence-corrected chi connectivity index (χ0v) is 17.6. The van der Waals surface area contributed by atoms with Crippen LogP contribution in [0.2, 0.25) is 0 Å². The summed E-state index contributed by atoms with van der Waals surface area (Å²) in [5.74, 6) is -1.69. The van der Waals surface area contributed by atoms with Gasteiger partial charge in [0.2, 0.25) is 0 Å². The van der Waals surface area contributed by atoms with Crippen LogP contribution in [-0.2, 0) is 17.8 Å². The lowest BCUT2D eigenvalue weighted by Crippen LogP contribution is -2.23. The maximum absolute atomic E-state index is 13.9. The topological polar surface area (TPSA) is 53.4 Å². The molecule has 0 radical (unpaired) electrons. The third kappa shape index (κ3) is 3.33. The minimum Gasteiger partial charge on any atom is -0.481 e. The lowest BCUT2D eigenvalue weighted by molar-refractivity contribution is -0.136. The quantitative estimate of drug-likeness (QED) is 0.556. The van der Waals surface area contributed by atoms with Crippen LogP contribution < -0.4 is 4.31 Å². The number of carboxylic acids is 1. The fraction of sp³-hybridized carbons (Fsp3) is 0.217. The lowest BCUT2D eigenvalue weighted by atomic mass is 9.82. The number of hydrogen-bond donors (Lipinski definition) is 1. The molecule has 154 valence electrons. The van der Waals surface area contributed by atoms with Gasteiger partial charge in [-0.3, -0.25) is 9.78 Å². The zero-order chi connectivity index (χ0) is 21.6. The summed E-state index contributed by atoms with van der Waals surface area (Å²) in [5, 5.41) is 9.58. The lowest BCUT2D eigenvalue weighted by Gasteiger charge is -2.35. The van der Waals surface area contributed by atoms with Crippen molar-refractivity contribution in [2.24, 2.45) is 0 Å². The van der Waals surface area contributed by atoms with Crippen LogP contribution in [-0.4, -0.2) is 22.3 Å². The highest BCUT2D eigenvalue weighted by molar-refractivity contribution is 7.99. The van der Waals surface area contributed by atoms with Crippen molar-refractivity contribution in [2.45, 2.75) is 26.8 Å². The Morgan fingerprint density at radius 2 is 1.83 bits per heavy atom. The van der Waals surface area contributed by atoms with Gasteiger partial charge in [0.25, 0.3) is 0 Å². The number of halogens is 2. The maximum Gasteiger partial charge on any atom is 0.307 e. The summed E-state index contributed by atoms with van der Waals surface area (Å²) in [4.78, 5) is 16.1. The summed E-state index contributed by atoms with van der Waals surface area (Å²) in [6.45, 7) is 4.29. The molecule has 0 saturated heterocycles. The Balaban J connectivity index is 2.11. The van der Waals surface area contributed by atoms with Crippen molar-refractivity contribution in [3.8, 4) is 22.4 Å². The second kappa shape index (κ2) is 7.72. The van der Waals surface area contributed by atoms with Crippen LogP contribution in [0.15, 0.2) is 36.5 Å². The summed E-state index contributed by atoms with van der Waals surface area (Å²) < 4.78 is 29.5. The predicted octanol–water partition coefficient (Wildman–Crippen LogP) is 5.54. The number of aromatic nitrogens is 1. The van der Waals surface area contributed by atoms with Crippen LogP contribution in [0.1, 0.15) is 22.3 Å². The molecule has 0 aliphatic carbocycles. The fourth-order valence-electron chi connectivity index (χ4n) is 4.24. The molecule has 1 aliphatic heterocycles. The Labute approximate surface area is 177 Å². The van der Waals surface area contributed by atoms with Gasteiger partial charge in [0.05, 0.1) is 30.5 Å². The molecule has 0 saturated carbocycles. The van der Waals surface area contributed by atoms with Crippen molar-refractivity contribution in [1.82, 2.24) is 4.98 Å². The summed E-state index contributed by atoms with van der Waals surface area (Å²) in [6, 6.07) is 7.53. The molecule has 4 nitrogen and oxygen atoms in total. The highest BCUT2D eigenvalue weighted by atomic mass is 32.2. The Hall–Kier alpha value is -2.93. The van der Waals surface area contributed by atoms with E-state index in [9.17, 15) is 18.7 Å². The SMILES string of the molecule is CSN1Cc2cc(F)cnc2-c2c(C)c(-c3ccc(F)cc3)c(CC(=O)O)c(C)c21. The average Bonchev–Trinajstić information content (AvgIpc) is 2.71. The smallest absolute Gasteiger partial charge is 0.307 e. The van der Waals surface area contributed by atoms with E-state index in [1.807, 2.05) is 24.4 Å². The first-order valence-corrected chi connectivity index (χ1v) is 10.6. The molecule has 0 fully saturated rings. The normalized spacial score (nSPS) is 12.5. The first-order chi connectivity index (χ1) is 14.3. The Bertz CT molecular complexity index is 1160. The van der Waals surface area contributed by atoms with E-state index in [2.05, 4.69) is 4.98 Å². The number of rotatable bonds is 4. The van der Waals surface area contributed by atoms with Gasteiger partial charge < -0.3 is 9.41 Å². The van der Waals surface area contributed by atoms with Gasteiger partial charge in [0.15, 0.2) is 0 Å². The van der Waals surface area contributed by atoms with Gasteiger partial charge in [-0.25, -0.2) is 8.78 Å². The van der Waals surface area contributed by atoms with Crippen molar-refractivity contribution < 1.29 is 18.7 Å². The number of hydrogen-bond acceptors (Lipinski definition) is 4. The molecule has 3 aromatic rings. The molecule has 0 atom stereocenters. The van der Waals surface area contributed by atoms with E-state index >= 15 is 0 Å². The van der Waals surface area contributed by atoms with Crippen molar-refractivity contribution in [1.29, 1.82) is 0 Å². The van der Waals surface area contributed by atoms with E-state index < -0.39 is 11.8 Å². The number of fused-ring (bicyclic) bond motifs is 3. The fourth-order valence-corrected chi connectivity index (χ4v) is 4.92. The zero-order valence-electron chi connectivity index (χ0n) is 16.8. The molecule has 1 N–H and O–H groups in total. The van der Waals surface area contributed by atoms with Crippen molar-refractivity contribution in [3.63, 3.8) is 0 Å². The number of carboxylic acid groups (broad SMARTS) is 1. The van der Waals surface area contributed by atoms with Crippen LogP contribution >= 0.6 is 11.9 Å². The van der Waals surface area contributed by atoms with Crippen LogP contribution in [0.4, 0.5) is 14.5 Å². The van der Waals surface area contributed by atoms with E-state index in [0.29, 0.717) is 17.8 Å². The molecule has 0 amide bonds. The molecule has 30 heavy (non-hydrogen) atoms. The first kappa shape index (κ1) is 20.3. The maximum atomic E-state index is 13.9. The number of nitrogens with zero attached hydrogens (tertiary/aromatic N) is 2. The number of anilines is 1. The van der Waals surface area contributed by atoms with Crippen molar-refractivity contribution in [2.75, 3.05) is 10.6 Å². The molecule has 1 aromatic heterocycles. The van der Waals surface area contributed by atoms with Crippen LogP contribution in [0.3, 0.4) is 0 Å². The summed E-state index contributed by atoms with van der Waals surface area (Å²) in [6.07, 6.45) is 2.98. The monoisotopic (exact) mass is 426 g/mol. The van der Waals surface area contributed by atoms with Gasteiger partial charge in [-0.1, -0.05) is 24.1 Å². The molecule has 2 aromatic carbocycles. The predicted molar refractivity (Wildman–Crippen MR) is 116 cm³/mol. The molecular formula is C23H20F2N2O2S. The first-order valence-electron chi connectivity index (χ1n) is 9.42. The van der Waals surface area contributed by atoms with E-state index in [0.717, 1.165) is 39.1 Å². The van der Waals surface area contributed by atoms with E-state index in [1.165, 1.54) is 36.3 Å². The summed E-state index contributed by atoms with van der Waals surface area (Å²) >= 11 is 1.50. The standard InChI is InChI=1S/C23H20F2N2O2S/c1-12-18(9-19(28)29)20(14-4-6-16(24)7-5-14)13(2)21-22-15(8-17(25)10-26-22)11-27(30-3)23(12)21/h4-8,10H,9,11H2,1-3H3,(H,28,29).